The highest BCUT2D eigenvalue weighted by molar-refractivity contribution is 6.74. The van der Waals surface area contributed by atoms with Gasteiger partial charge in [0.15, 0.2) is 0 Å². The molecule has 6 heteroatoms. The van der Waals surface area contributed by atoms with E-state index < -0.39 is 20.4 Å². The number of carbonyl (C=O) groups is 2. The third kappa shape index (κ3) is 5.06. The van der Waals surface area contributed by atoms with Gasteiger partial charge in [0.25, 0.3) is 8.32 Å². The first-order valence-electron chi connectivity index (χ1n) is 10.1. The van der Waals surface area contributed by atoms with Crippen LogP contribution in [0.3, 0.4) is 0 Å². The van der Waals surface area contributed by atoms with Gasteiger partial charge in [0.1, 0.15) is 29.8 Å². The summed E-state index contributed by atoms with van der Waals surface area (Å²) in [6.45, 7) is 10.8. The molecule has 0 radical (unpaired) electrons. The predicted molar refractivity (Wildman–Crippen MR) is 116 cm³/mol. The summed E-state index contributed by atoms with van der Waals surface area (Å²) in [5, 5.41) is -0.0119. The summed E-state index contributed by atoms with van der Waals surface area (Å²) < 4.78 is 17.8. The second-order valence-corrected chi connectivity index (χ2v) is 13.9. The Morgan fingerprint density at radius 2 is 2.00 bits per heavy atom. The van der Waals surface area contributed by atoms with Crippen molar-refractivity contribution in [3.8, 4) is 5.75 Å². The lowest BCUT2D eigenvalue weighted by atomic mass is 10.0. The van der Waals surface area contributed by atoms with Crippen LogP contribution in [-0.2, 0) is 14.3 Å². The van der Waals surface area contributed by atoms with Gasteiger partial charge in [0, 0.05) is 12.8 Å². The molecule has 0 unspecified atom stereocenters. The van der Waals surface area contributed by atoms with E-state index in [-0.39, 0.29) is 23.7 Å². The van der Waals surface area contributed by atoms with Gasteiger partial charge in [-0.1, -0.05) is 57.2 Å². The SMILES string of the molecule is CC(C)(C)[Si](C)(C)Oc1cccc2c1C(=O)O[C@@H](CC=O)C[C@@H]1O[C@@H]1/C=C\C=C\2. The van der Waals surface area contributed by atoms with Crippen molar-refractivity contribution in [1.82, 2.24) is 0 Å². The standard InChI is InChI=1S/C23H30O5Si/c1-23(2,3)29(4,5)28-19-12-8-10-16-9-6-7-11-18-20(27-18)15-17(13-14-24)26-22(25)21(16)19/h6-12,14,17-18,20H,13,15H2,1-5H3/b9-6+,11-7-/t17-,18+,20-/m0/s1. The van der Waals surface area contributed by atoms with Crippen molar-refractivity contribution in [1.29, 1.82) is 0 Å². The average molecular weight is 415 g/mol. The topological polar surface area (TPSA) is 65.1 Å². The number of ether oxygens (including phenoxy) is 2. The first-order valence-corrected chi connectivity index (χ1v) is 13.0. The molecule has 0 saturated carbocycles. The minimum absolute atomic E-state index is 0.0119. The molecule has 0 amide bonds. The highest BCUT2D eigenvalue weighted by Gasteiger charge is 2.41. The van der Waals surface area contributed by atoms with Crippen molar-refractivity contribution >= 4 is 26.6 Å². The minimum Gasteiger partial charge on any atom is -0.543 e. The predicted octanol–water partition coefficient (Wildman–Crippen LogP) is 4.93. The smallest absolute Gasteiger partial charge is 0.342 e. The lowest BCUT2D eigenvalue weighted by Crippen LogP contribution is -2.44. The van der Waals surface area contributed by atoms with Gasteiger partial charge in [-0.15, -0.1) is 0 Å². The molecule has 2 heterocycles. The number of benzene rings is 1. The Hall–Kier alpha value is -2.18. The molecule has 29 heavy (non-hydrogen) atoms. The van der Waals surface area contributed by atoms with Gasteiger partial charge < -0.3 is 18.7 Å². The van der Waals surface area contributed by atoms with Crippen molar-refractivity contribution in [3.05, 3.63) is 47.6 Å². The van der Waals surface area contributed by atoms with Crippen LogP contribution < -0.4 is 4.43 Å². The highest BCUT2D eigenvalue weighted by Crippen LogP contribution is 2.39. The summed E-state index contributed by atoms with van der Waals surface area (Å²) in [5.74, 6) is 0.0720. The van der Waals surface area contributed by atoms with E-state index in [0.29, 0.717) is 17.7 Å². The van der Waals surface area contributed by atoms with Gasteiger partial charge in [-0.25, -0.2) is 4.79 Å². The molecule has 3 rings (SSSR count). The van der Waals surface area contributed by atoms with Crippen molar-refractivity contribution in [3.63, 3.8) is 0 Å². The number of rotatable bonds is 4. The van der Waals surface area contributed by atoms with Crippen molar-refractivity contribution in [2.45, 2.75) is 70.1 Å². The van der Waals surface area contributed by atoms with Crippen LogP contribution in [0.2, 0.25) is 18.1 Å². The number of cyclic esters (lactones) is 1. The maximum Gasteiger partial charge on any atom is 0.342 e. The Bertz CT molecular complexity index is 834. The van der Waals surface area contributed by atoms with Crippen molar-refractivity contribution < 1.29 is 23.5 Å². The van der Waals surface area contributed by atoms with Crippen molar-refractivity contribution in [2.75, 3.05) is 0 Å². The maximum absolute atomic E-state index is 13.2. The molecule has 2 aliphatic rings. The van der Waals surface area contributed by atoms with Crippen LogP contribution in [0.15, 0.2) is 36.4 Å². The quantitative estimate of drug-likeness (QED) is 0.303. The molecular weight excluding hydrogens is 384 g/mol. The summed E-state index contributed by atoms with van der Waals surface area (Å²) in [6.07, 6.45) is 8.61. The Balaban J connectivity index is 2.01. The lowest BCUT2D eigenvalue weighted by Gasteiger charge is -2.37. The molecule has 0 N–H and O–H groups in total. The minimum atomic E-state index is -2.16. The Labute approximate surface area is 173 Å². The monoisotopic (exact) mass is 414 g/mol. The van der Waals surface area contributed by atoms with Crippen LogP contribution in [0, 0.1) is 0 Å². The molecular formula is C23H30O5Si. The zero-order chi connectivity index (χ0) is 21.2. The third-order valence-electron chi connectivity index (χ3n) is 5.87. The van der Waals surface area contributed by atoms with Crippen LogP contribution >= 0.6 is 0 Å². The molecule has 0 bridgehead atoms. The summed E-state index contributed by atoms with van der Waals surface area (Å²) in [4.78, 5) is 24.3. The Kier molecular flexibility index (Phi) is 6.15. The zero-order valence-corrected chi connectivity index (χ0v) is 18.8. The summed E-state index contributed by atoms with van der Waals surface area (Å²) in [7, 11) is -2.16. The largest absolute Gasteiger partial charge is 0.543 e. The molecule has 1 aromatic carbocycles. The number of aldehydes is 1. The van der Waals surface area contributed by atoms with Gasteiger partial charge >= 0.3 is 5.97 Å². The van der Waals surface area contributed by atoms with Crippen molar-refractivity contribution in [2.24, 2.45) is 0 Å². The second kappa shape index (κ2) is 8.28. The van der Waals surface area contributed by atoms with E-state index in [1.807, 2.05) is 42.5 Å². The highest BCUT2D eigenvalue weighted by atomic mass is 28.4. The van der Waals surface area contributed by atoms with Gasteiger partial charge in [0.2, 0.25) is 0 Å². The summed E-state index contributed by atoms with van der Waals surface area (Å²) in [6, 6.07) is 5.58. The van der Waals surface area contributed by atoms with Crippen LogP contribution in [0.25, 0.3) is 6.08 Å². The van der Waals surface area contributed by atoms with Gasteiger partial charge in [-0.3, -0.25) is 0 Å². The molecule has 0 spiro atoms. The van der Waals surface area contributed by atoms with E-state index in [0.717, 1.165) is 11.8 Å². The van der Waals surface area contributed by atoms with Crippen LogP contribution in [0.4, 0.5) is 0 Å². The third-order valence-corrected chi connectivity index (χ3v) is 10.2. The van der Waals surface area contributed by atoms with Gasteiger partial charge in [0.05, 0.1) is 6.10 Å². The molecule has 1 saturated heterocycles. The first kappa shape index (κ1) is 21.5. The fraction of sp³-hybridized carbons (Fsp3) is 0.478. The first-order chi connectivity index (χ1) is 13.6. The number of carbonyl (C=O) groups excluding carboxylic acids is 2. The maximum atomic E-state index is 13.2. The number of hydrogen-bond donors (Lipinski definition) is 0. The molecule has 5 nitrogen and oxygen atoms in total. The number of allylic oxidation sites excluding steroid dienone is 2. The normalized spacial score (nSPS) is 26.7. The molecule has 1 aromatic rings. The van der Waals surface area contributed by atoms with E-state index in [1.54, 1.807) is 0 Å². The molecule has 0 aliphatic carbocycles. The van der Waals surface area contributed by atoms with E-state index in [9.17, 15) is 9.59 Å². The van der Waals surface area contributed by atoms with E-state index in [1.165, 1.54) is 0 Å². The zero-order valence-electron chi connectivity index (χ0n) is 17.8. The van der Waals surface area contributed by atoms with Gasteiger partial charge in [-0.05, 0) is 29.8 Å². The fourth-order valence-corrected chi connectivity index (χ4v) is 4.06. The molecule has 2 aliphatic heterocycles. The number of esters is 1. The Morgan fingerprint density at radius 1 is 1.24 bits per heavy atom. The van der Waals surface area contributed by atoms with Crippen LogP contribution in [0.1, 0.15) is 49.5 Å². The Morgan fingerprint density at radius 3 is 2.69 bits per heavy atom. The molecule has 156 valence electrons. The average Bonchev–Trinajstić information content (AvgIpc) is 3.34. The van der Waals surface area contributed by atoms with E-state index in [2.05, 4.69) is 33.9 Å². The fourth-order valence-electron chi connectivity index (χ4n) is 3.04. The van der Waals surface area contributed by atoms with E-state index >= 15 is 0 Å². The van der Waals surface area contributed by atoms with Gasteiger partial charge in [-0.2, -0.15) is 0 Å². The van der Waals surface area contributed by atoms with Crippen LogP contribution in [-0.4, -0.2) is 38.9 Å². The van der Waals surface area contributed by atoms with Crippen LogP contribution in [0.5, 0.6) is 5.75 Å². The summed E-state index contributed by atoms with van der Waals surface area (Å²) >= 11 is 0. The second-order valence-electron chi connectivity index (χ2n) is 9.13. The number of epoxide rings is 1. The van der Waals surface area contributed by atoms with E-state index in [4.69, 9.17) is 13.9 Å². The molecule has 3 atom stereocenters. The molecule has 0 aromatic heterocycles. The summed E-state index contributed by atoms with van der Waals surface area (Å²) in [5.41, 5.74) is 1.14. The lowest BCUT2D eigenvalue weighted by molar-refractivity contribution is -0.109. The molecule has 1 fully saturated rings. The number of hydrogen-bond acceptors (Lipinski definition) is 5. The number of fused-ring (bicyclic) bond motifs is 2.